The topological polar surface area (TPSA) is 43.4 Å². The molecule has 4 heteroatoms. The van der Waals surface area contributed by atoms with Crippen LogP contribution >= 0.6 is 0 Å². The minimum Gasteiger partial charge on any atom is -0.490 e. The van der Waals surface area contributed by atoms with Crippen LogP contribution in [0.2, 0.25) is 0 Å². The summed E-state index contributed by atoms with van der Waals surface area (Å²) in [6, 6.07) is 13.4. The van der Waals surface area contributed by atoms with E-state index in [4.69, 9.17) is 9.47 Å². The molecule has 0 aliphatic carbocycles. The fraction of sp³-hybridized carbons (Fsp3) is 0.312. The largest absolute Gasteiger partial charge is 0.490 e. The minimum absolute atomic E-state index is 0.574. The molecule has 106 valence electrons. The number of rotatable bonds is 7. The van der Waals surface area contributed by atoms with E-state index in [1.165, 1.54) is 0 Å². The van der Waals surface area contributed by atoms with Crippen LogP contribution in [-0.2, 0) is 6.54 Å². The first-order valence-electron chi connectivity index (χ1n) is 6.83. The van der Waals surface area contributed by atoms with Crippen molar-refractivity contribution in [2.45, 2.75) is 19.9 Å². The third-order valence-electron chi connectivity index (χ3n) is 2.66. The van der Waals surface area contributed by atoms with E-state index in [0.717, 1.165) is 17.9 Å². The number of ether oxygens (including phenoxy) is 2. The zero-order valence-corrected chi connectivity index (χ0v) is 11.9. The van der Waals surface area contributed by atoms with Crippen LogP contribution < -0.4 is 14.8 Å². The highest BCUT2D eigenvalue weighted by Gasteiger charge is 2.06. The lowest BCUT2D eigenvalue weighted by molar-refractivity contribution is 0.300. The molecule has 0 unspecified atom stereocenters. The van der Waals surface area contributed by atoms with Crippen LogP contribution in [0.25, 0.3) is 0 Å². The van der Waals surface area contributed by atoms with Crippen molar-refractivity contribution in [3.05, 3.63) is 48.2 Å². The molecular formula is C16H20N2O2. The summed E-state index contributed by atoms with van der Waals surface area (Å²) in [5, 5.41) is 3.07. The van der Waals surface area contributed by atoms with E-state index in [9.17, 15) is 0 Å². The number of aromatic nitrogens is 1. The second-order valence-electron chi connectivity index (χ2n) is 4.39. The molecule has 2 aromatic rings. The summed E-state index contributed by atoms with van der Waals surface area (Å²) < 4.78 is 11.5. The Morgan fingerprint density at radius 2 is 1.85 bits per heavy atom. The van der Waals surface area contributed by atoms with E-state index in [0.29, 0.717) is 24.8 Å². The second kappa shape index (κ2) is 7.50. The predicted octanol–water partition coefficient (Wildman–Crippen LogP) is 3.38. The molecule has 0 atom stereocenters. The summed E-state index contributed by atoms with van der Waals surface area (Å²) >= 11 is 0. The van der Waals surface area contributed by atoms with Gasteiger partial charge in [-0.3, -0.25) is 0 Å². The maximum atomic E-state index is 5.83. The molecule has 1 aromatic heterocycles. The van der Waals surface area contributed by atoms with Gasteiger partial charge in [-0.15, -0.1) is 0 Å². The van der Waals surface area contributed by atoms with Crippen LogP contribution in [0.4, 0.5) is 0 Å². The number of hydrogen-bond acceptors (Lipinski definition) is 4. The van der Waals surface area contributed by atoms with Gasteiger partial charge in [-0.2, -0.15) is 0 Å². The Bertz CT molecular complexity index is 544. The smallest absolute Gasteiger partial charge is 0.219 e. The Morgan fingerprint density at radius 1 is 1.05 bits per heavy atom. The van der Waals surface area contributed by atoms with Gasteiger partial charge in [-0.25, -0.2) is 4.98 Å². The quantitative estimate of drug-likeness (QED) is 0.839. The number of para-hydroxylation sites is 2. The van der Waals surface area contributed by atoms with Gasteiger partial charge in [0.05, 0.1) is 12.3 Å². The highest BCUT2D eigenvalue weighted by Crippen LogP contribution is 2.30. The van der Waals surface area contributed by atoms with E-state index >= 15 is 0 Å². The van der Waals surface area contributed by atoms with Gasteiger partial charge in [0, 0.05) is 12.6 Å². The first-order valence-corrected chi connectivity index (χ1v) is 6.83. The summed E-state index contributed by atoms with van der Waals surface area (Å²) in [4.78, 5) is 4.44. The fourth-order valence-corrected chi connectivity index (χ4v) is 1.77. The Hall–Kier alpha value is -2.07. The molecule has 1 N–H and O–H groups in total. The van der Waals surface area contributed by atoms with Gasteiger partial charge in [-0.05, 0) is 31.7 Å². The third-order valence-corrected chi connectivity index (χ3v) is 2.66. The van der Waals surface area contributed by atoms with Crippen molar-refractivity contribution in [2.75, 3.05) is 13.7 Å². The minimum atomic E-state index is 0.574. The molecule has 0 saturated heterocycles. The molecule has 0 fully saturated rings. The van der Waals surface area contributed by atoms with Gasteiger partial charge in [0.2, 0.25) is 5.88 Å². The molecule has 4 nitrogen and oxygen atoms in total. The van der Waals surface area contributed by atoms with E-state index in [2.05, 4.69) is 17.2 Å². The monoisotopic (exact) mass is 272 g/mol. The molecule has 0 radical (unpaired) electrons. The summed E-state index contributed by atoms with van der Waals surface area (Å²) in [6.07, 6.45) is 0.963. The van der Waals surface area contributed by atoms with E-state index in [1.54, 1.807) is 0 Å². The molecule has 0 aliphatic rings. The Balaban J connectivity index is 2.14. The van der Waals surface area contributed by atoms with Crippen molar-refractivity contribution in [2.24, 2.45) is 0 Å². The zero-order valence-electron chi connectivity index (χ0n) is 11.9. The molecule has 20 heavy (non-hydrogen) atoms. The van der Waals surface area contributed by atoms with Gasteiger partial charge in [0.15, 0.2) is 11.5 Å². The normalized spacial score (nSPS) is 10.3. The second-order valence-corrected chi connectivity index (χ2v) is 4.39. The Labute approximate surface area is 119 Å². The third kappa shape index (κ3) is 3.96. The first-order chi connectivity index (χ1) is 9.83. The summed E-state index contributed by atoms with van der Waals surface area (Å²) in [5.41, 5.74) is 0.942. The maximum absolute atomic E-state index is 5.83. The van der Waals surface area contributed by atoms with Gasteiger partial charge >= 0.3 is 0 Å². The van der Waals surface area contributed by atoms with Crippen LogP contribution in [0.3, 0.4) is 0 Å². The van der Waals surface area contributed by atoms with E-state index in [1.807, 2.05) is 49.5 Å². The van der Waals surface area contributed by atoms with Crippen molar-refractivity contribution in [1.82, 2.24) is 10.3 Å². The Kier molecular flexibility index (Phi) is 5.38. The molecule has 2 rings (SSSR count). The zero-order chi connectivity index (χ0) is 14.2. The predicted molar refractivity (Wildman–Crippen MR) is 79.3 cm³/mol. The number of hydrogen-bond donors (Lipinski definition) is 1. The molecule has 0 spiro atoms. The van der Waals surface area contributed by atoms with E-state index < -0.39 is 0 Å². The van der Waals surface area contributed by atoms with Crippen LogP contribution in [0, 0.1) is 0 Å². The standard InChI is InChI=1S/C16H20N2O2/c1-3-11-19-14-8-4-5-9-15(14)20-16-10-6-7-13(18-16)12-17-2/h4-10,17H,3,11-12H2,1-2H3. The van der Waals surface area contributed by atoms with Crippen molar-refractivity contribution < 1.29 is 9.47 Å². The summed E-state index contributed by atoms with van der Waals surface area (Å²) in [6.45, 7) is 3.46. The van der Waals surface area contributed by atoms with Crippen molar-refractivity contribution in [3.8, 4) is 17.4 Å². The lowest BCUT2D eigenvalue weighted by Gasteiger charge is -2.11. The lowest BCUT2D eigenvalue weighted by atomic mass is 10.3. The number of benzene rings is 1. The van der Waals surface area contributed by atoms with Crippen molar-refractivity contribution in [1.29, 1.82) is 0 Å². The summed E-state index contributed by atoms with van der Waals surface area (Å²) in [5.74, 6) is 2.01. The van der Waals surface area contributed by atoms with Crippen LogP contribution in [0.1, 0.15) is 19.0 Å². The number of pyridine rings is 1. The summed E-state index contributed by atoms with van der Waals surface area (Å²) in [7, 11) is 1.89. The van der Waals surface area contributed by atoms with Gasteiger partial charge in [0.1, 0.15) is 0 Å². The molecule has 0 saturated carbocycles. The lowest BCUT2D eigenvalue weighted by Crippen LogP contribution is -2.07. The molecular weight excluding hydrogens is 252 g/mol. The number of nitrogens with one attached hydrogen (secondary N) is 1. The molecule has 0 amide bonds. The average molecular weight is 272 g/mol. The highest BCUT2D eigenvalue weighted by atomic mass is 16.5. The number of nitrogens with zero attached hydrogens (tertiary/aromatic N) is 1. The molecule has 0 aliphatic heterocycles. The fourth-order valence-electron chi connectivity index (χ4n) is 1.77. The SMILES string of the molecule is CCCOc1ccccc1Oc1cccc(CNC)n1. The van der Waals surface area contributed by atoms with Crippen LogP contribution in [0.5, 0.6) is 17.4 Å². The van der Waals surface area contributed by atoms with Crippen LogP contribution in [-0.4, -0.2) is 18.6 Å². The maximum Gasteiger partial charge on any atom is 0.219 e. The van der Waals surface area contributed by atoms with E-state index in [-0.39, 0.29) is 0 Å². The Morgan fingerprint density at radius 3 is 2.60 bits per heavy atom. The molecule has 1 heterocycles. The van der Waals surface area contributed by atoms with Crippen molar-refractivity contribution >= 4 is 0 Å². The highest BCUT2D eigenvalue weighted by molar-refractivity contribution is 5.41. The van der Waals surface area contributed by atoms with Gasteiger partial charge in [0.25, 0.3) is 0 Å². The van der Waals surface area contributed by atoms with Gasteiger partial charge in [-0.1, -0.05) is 25.1 Å². The first kappa shape index (κ1) is 14.3. The van der Waals surface area contributed by atoms with Gasteiger partial charge < -0.3 is 14.8 Å². The van der Waals surface area contributed by atoms with Crippen molar-refractivity contribution in [3.63, 3.8) is 0 Å². The molecule has 0 bridgehead atoms. The molecule has 1 aromatic carbocycles. The van der Waals surface area contributed by atoms with Crippen LogP contribution in [0.15, 0.2) is 42.5 Å². The average Bonchev–Trinajstić information content (AvgIpc) is 2.47.